The van der Waals surface area contributed by atoms with Crippen molar-refractivity contribution in [3.8, 4) is 0 Å². The van der Waals surface area contributed by atoms with Crippen LogP contribution in [-0.4, -0.2) is 40.4 Å². The second kappa shape index (κ2) is 11.9. The van der Waals surface area contributed by atoms with Crippen molar-refractivity contribution in [3.05, 3.63) is 69.2 Å². The van der Waals surface area contributed by atoms with Crippen LogP contribution in [0.15, 0.2) is 42.5 Å². The van der Waals surface area contributed by atoms with E-state index in [4.69, 9.17) is 23.2 Å². The molecule has 1 unspecified atom stereocenters. The second-order valence-corrected chi connectivity index (χ2v) is 13.5. The first-order valence-electron chi connectivity index (χ1n) is 13.3. The molecule has 198 valence electrons. The first kappa shape index (κ1) is 29.0. The van der Waals surface area contributed by atoms with Gasteiger partial charge in [-0.25, -0.2) is 0 Å². The van der Waals surface area contributed by atoms with Crippen molar-refractivity contribution in [3.63, 3.8) is 0 Å². The highest BCUT2D eigenvalue weighted by Crippen LogP contribution is 2.36. The van der Waals surface area contributed by atoms with Crippen molar-refractivity contribution >= 4 is 29.1 Å². The predicted octanol–water partition coefficient (Wildman–Crippen LogP) is 8.50. The molecule has 1 fully saturated rings. The SMILES string of the molecule is Cc1ccc(C(CCC(C)(C)C)N(C(=O)Cc2cc(Cl)cc(Cl)c2)C2CCN(C(C)(C)C)CC2)cc1. The van der Waals surface area contributed by atoms with E-state index >= 15 is 0 Å². The molecule has 0 N–H and O–H groups in total. The van der Waals surface area contributed by atoms with Gasteiger partial charge in [0.2, 0.25) is 5.91 Å². The Balaban J connectivity index is 1.97. The van der Waals surface area contributed by atoms with Crippen molar-refractivity contribution in [1.29, 1.82) is 0 Å². The van der Waals surface area contributed by atoms with Crippen LogP contribution in [0, 0.1) is 12.3 Å². The summed E-state index contributed by atoms with van der Waals surface area (Å²) in [6, 6.07) is 14.4. The van der Waals surface area contributed by atoms with E-state index in [1.54, 1.807) is 6.07 Å². The van der Waals surface area contributed by atoms with Crippen molar-refractivity contribution in [2.45, 2.75) is 98.2 Å². The molecule has 1 amide bonds. The van der Waals surface area contributed by atoms with Crippen LogP contribution in [0.2, 0.25) is 10.0 Å². The predicted molar refractivity (Wildman–Crippen MR) is 154 cm³/mol. The number of amides is 1. The van der Waals surface area contributed by atoms with Gasteiger partial charge < -0.3 is 4.90 Å². The van der Waals surface area contributed by atoms with E-state index in [1.165, 1.54) is 11.1 Å². The molecule has 1 saturated heterocycles. The second-order valence-electron chi connectivity index (χ2n) is 12.7. The molecule has 36 heavy (non-hydrogen) atoms. The summed E-state index contributed by atoms with van der Waals surface area (Å²) in [5.74, 6) is 0.155. The van der Waals surface area contributed by atoms with E-state index < -0.39 is 0 Å². The fourth-order valence-electron chi connectivity index (χ4n) is 5.25. The van der Waals surface area contributed by atoms with Gasteiger partial charge in [-0.3, -0.25) is 9.69 Å². The fraction of sp³-hybridized carbons (Fsp3) is 0.581. The zero-order valence-corrected chi connectivity index (χ0v) is 24.7. The molecule has 3 nitrogen and oxygen atoms in total. The van der Waals surface area contributed by atoms with Crippen LogP contribution in [-0.2, 0) is 11.2 Å². The third-order valence-electron chi connectivity index (χ3n) is 7.34. The fourth-order valence-corrected chi connectivity index (χ4v) is 5.82. The monoisotopic (exact) mass is 530 g/mol. The molecule has 2 aromatic rings. The lowest BCUT2D eigenvalue weighted by Gasteiger charge is -2.46. The molecule has 3 rings (SSSR count). The molecule has 0 aromatic heterocycles. The molecule has 0 aliphatic carbocycles. The molecule has 5 heteroatoms. The lowest BCUT2D eigenvalue weighted by atomic mass is 9.85. The normalized spacial score (nSPS) is 16.7. The summed E-state index contributed by atoms with van der Waals surface area (Å²) in [5, 5.41) is 1.14. The van der Waals surface area contributed by atoms with Crippen LogP contribution in [0.4, 0.5) is 0 Å². The minimum Gasteiger partial charge on any atom is -0.332 e. The van der Waals surface area contributed by atoms with Crippen molar-refractivity contribution in [2.75, 3.05) is 13.1 Å². The minimum atomic E-state index is 0.0400. The number of halogens is 2. The maximum absolute atomic E-state index is 14.1. The standard InChI is InChI=1S/C31H44Cl2N2O/c1-22-8-10-24(11-9-22)28(12-15-30(2,3)4)35(27-13-16-34(17-14-27)31(5,6)7)29(36)20-23-18-25(32)21-26(33)19-23/h8-11,18-19,21,27-28H,12-17,20H2,1-7H3. The van der Waals surface area contributed by atoms with Gasteiger partial charge in [0.05, 0.1) is 12.5 Å². The van der Waals surface area contributed by atoms with E-state index in [-0.39, 0.29) is 28.9 Å². The maximum Gasteiger partial charge on any atom is 0.227 e. The molecule has 1 atom stereocenters. The molecule has 2 aromatic carbocycles. The average molecular weight is 532 g/mol. The summed E-state index contributed by atoms with van der Waals surface area (Å²) in [7, 11) is 0. The molecular weight excluding hydrogens is 487 g/mol. The van der Waals surface area contributed by atoms with E-state index in [0.717, 1.165) is 44.3 Å². The number of nitrogens with zero attached hydrogens (tertiary/aromatic N) is 2. The number of aryl methyl sites for hydroxylation is 1. The van der Waals surface area contributed by atoms with Crippen molar-refractivity contribution in [2.24, 2.45) is 5.41 Å². The summed E-state index contributed by atoms with van der Waals surface area (Å²) >= 11 is 12.6. The molecule has 0 bridgehead atoms. The molecule has 0 radical (unpaired) electrons. The zero-order chi connectivity index (χ0) is 26.7. The number of hydrogen-bond donors (Lipinski definition) is 0. The maximum atomic E-state index is 14.1. The van der Waals surface area contributed by atoms with E-state index in [2.05, 4.69) is 82.5 Å². The van der Waals surface area contributed by atoms with Gasteiger partial charge in [-0.1, -0.05) is 73.8 Å². The van der Waals surface area contributed by atoms with Crippen LogP contribution in [0.5, 0.6) is 0 Å². The number of likely N-dealkylation sites (tertiary alicyclic amines) is 1. The van der Waals surface area contributed by atoms with Crippen LogP contribution in [0.3, 0.4) is 0 Å². The highest BCUT2D eigenvalue weighted by Gasteiger charge is 2.36. The van der Waals surface area contributed by atoms with Gasteiger partial charge in [0.25, 0.3) is 0 Å². The van der Waals surface area contributed by atoms with Gasteiger partial charge >= 0.3 is 0 Å². The Labute approximate surface area is 229 Å². The number of carbonyl (C=O) groups excluding carboxylic acids is 1. The van der Waals surface area contributed by atoms with Crippen LogP contribution < -0.4 is 0 Å². The van der Waals surface area contributed by atoms with E-state index in [0.29, 0.717) is 16.5 Å². The highest BCUT2D eigenvalue weighted by molar-refractivity contribution is 6.34. The van der Waals surface area contributed by atoms with E-state index in [9.17, 15) is 4.79 Å². The summed E-state index contributed by atoms with van der Waals surface area (Å²) in [5.41, 5.74) is 3.65. The first-order chi connectivity index (χ1) is 16.7. The molecule has 0 spiro atoms. The summed E-state index contributed by atoms with van der Waals surface area (Å²) in [4.78, 5) is 18.9. The van der Waals surface area contributed by atoms with Crippen LogP contribution in [0.25, 0.3) is 0 Å². The minimum absolute atomic E-state index is 0.0400. The number of rotatable bonds is 7. The number of piperidine rings is 1. The topological polar surface area (TPSA) is 23.6 Å². The Bertz CT molecular complexity index is 992. The quantitative estimate of drug-likeness (QED) is 0.358. The Kier molecular flexibility index (Phi) is 9.57. The first-order valence-corrected chi connectivity index (χ1v) is 14.1. The zero-order valence-electron chi connectivity index (χ0n) is 23.2. The lowest BCUT2D eigenvalue weighted by molar-refractivity contribution is -0.137. The number of carbonyl (C=O) groups is 1. The average Bonchev–Trinajstić information content (AvgIpc) is 2.75. The van der Waals surface area contributed by atoms with Gasteiger partial charge in [0.1, 0.15) is 0 Å². The molecule has 0 saturated carbocycles. The number of hydrogen-bond acceptors (Lipinski definition) is 2. The Morgan fingerprint density at radius 1 is 0.972 bits per heavy atom. The number of benzene rings is 2. The largest absolute Gasteiger partial charge is 0.332 e. The molecule has 1 aliphatic rings. The third-order valence-corrected chi connectivity index (χ3v) is 7.77. The van der Waals surface area contributed by atoms with Gasteiger partial charge in [-0.05, 0) is 88.1 Å². The van der Waals surface area contributed by atoms with Gasteiger partial charge in [-0.2, -0.15) is 0 Å². The lowest BCUT2D eigenvalue weighted by Crippen LogP contribution is -2.53. The Morgan fingerprint density at radius 2 is 1.53 bits per heavy atom. The molecule has 1 heterocycles. The van der Waals surface area contributed by atoms with E-state index in [1.807, 2.05) is 12.1 Å². The molecular formula is C31H44Cl2N2O. The van der Waals surface area contributed by atoms with Crippen molar-refractivity contribution in [1.82, 2.24) is 9.80 Å². The third kappa shape index (κ3) is 8.23. The smallest absolute Gasteiger partial charge is 0.227 e. The van der Waals surface area contributed by atoms with Gasteiger partial charge in [-0.15, -0.1) is 0 Å². The summed E-state index contributed by atoms with van der Waals surface area (Å²) in [6.45, 7) is 17.8. The Hall–Kier alpha value is -1.55. The highest BCUT2D eigenvalue weighted by atomic mass is 35.5. The van der Waals surface area contributed by atoms with Crippen molar-refractivity contribution < 1.29 is 4.79 Å². The van der Waals surface area contributed by atoms with Crippen LogP contribution in [0.1, 0.15) is 90.0 Å². The van der Waals surface area contributed by atoms with Gasteiger partial charge in [0, 0.05) is 34.7 Å². The Morgan fingerprint density at radius 3 is 2.03 bits per heavy atom. The van der Waals surface area contributed by atoms with Crippen LogP contribution >= 0.6 is 23.2 Å². The molecule has 1 aliphatic heterocycles. The summed E-state index contributed by atoms with van der Waals surface area (Å²) < 4.78 is 0. The van der Waals surface area contributed by atoms with Gasteiger partial charge in [0.15, 0.2) is 0 Å². The summed E-state index contributed by atoms with van der Waals surface area (Å²) in [6.07, 6.45) is 4.25.